The number of morpholine rings is 1. The van der Waals surface area contributed by atoms with Gasteiger partial charge in [-0.1, -0.05) is 6.92 Å². The van der Waals surface area contributed by atoms with Crippen LogP contribution in [0.15, 0.2) is 35.0 Å². The summed E-state index contributed by atoms with van der Waals surface area (Å²) in [5, 5.41) is 0. The molecule has 0 N–H and O–H groups in total. The Balaban J connectivity index is 1.89. The maximum atomic E-state index is 13.8. The molecule has 3 heterocycles. The summed E-state index contributed by atoms with van der Waals surface area (Å²) in [6.45, 7) is 3.16. The van der Waals surface area contributed by atoms with Crippen LogP contribution < -0.4 is 0 Å². The van der Waals surface area contributed by atoms with E-state index in [1.54, 1.807) is 4.90 Å². The largest absolute Gasteiger partial charge is 0.464 e. The molecule has 0 aliphatic carbocycles. The van der Waals surface area contributed by atoms with Gasteiger partial charge < -0.3 is 14.1 Å². The van der Waals surface area contributed by atoms with Gasteiger partial charge in [-0.05, 0) is 18.2 Å². The third-order valence-corrected chi connectivity index (χ3v) is 3.75. The lowest BCUT2D eigenvalue weighted by Crippen LogP contribution is -2.43. The highest BCUT2D eigenvalue weighted by Gasteiger charge is 2.32. The van der Waals surface area contributed by atoms with Crippen LogP contribution in [0, 0.1) is 5.82 Å². The van der Waals surface area contributed by atoms with E-state index in [4.69, 9.17) is 9.15 Å². The molecule has 2 aromatic heterocycles. The van der Waals surface area contributed by atoms with E-state index in [1.807, 2.05) is 19.1 Å². The minimum Gasteiger partial charge on any atom is -0.464 e. The summed E-state index contributed by atoms with van der Waals surface area (Å²) in [5.74, 6) is 0.525. The Morgan fingerprint density at radius 3 is 3.05 bits per heavy atom. The third kappa shape index (κ3) is 2.74. The number of aromatic nitrogens is 1. The van der Waals surface area contributed by atoms with Crippen molar-refractivity contribution < 1.29 is 18.3 Å². The Labute approximate surface area is 127 Å². The molecule has 1 aliphatic rings. The van der Waals surface area contributed by atoms with Gasteiger partial charge in [-0.2, -0.15) is 0 Å². The van der Waals surface area contributed by atoms with E-state index < -0.39 is 5.82 Å². The number of halogens is 1. The maximum Gasteiger partial charge on any atom is 0.257 e. The van der Waals surface area contributed by atoms with Gasteiger partial charge in [-0.3, -0.25) is 9.78 Å². The SMILES string of the molecule is CCc1ccc(C2COCCN2C(=O)c2ccncc2F)o1. The van der Waals surface area contributed by atoms with Crippen molar-refractivity contribution in [3.63, 3.8) is 0 Å². The predicted octanol–water partition coefficient (Wildman–Crippen LogP) is 2.59. The lowest BCUT2D eigenvalue weighted by atomic mass is 10.1. The first-order valence-electron chi connectivity index (χ1n) is 7.27. The van der Waals surface area contributed by atoms with Crippen LogP contribution >= 0.6 is 0 Å². The molecular weight excluding hydrogens is 287 g/mol. The highest BCUT2D eigenvalue weighted by molar-refractivity contribution is 5.94. The average molecular weight is 304 g/mol. The number of pyridine rings is 1. The number of nitrogens with zero attached hydrogens (tertiary/aromatic N) is 2. The third-order valence-electron chi connectivity index (χ3n) is 3.75. The number of hydrogen-bond donors (Lipinski definition) is 0. The second kappa shape index (κ2) is 6.27. The summed E-state index contributed by atoms with van der Waals surface area (Å²) in [5.41, 5.74) is 0.0178. The molecule has 1 fully saturated rings. The van der Waals surface area contributed by atoms with Crippen LogP contribution in [0.4, 0.5) is 4.39 Å². The highest BCUT2D eigenvalue weighted by Crippen LogP contribution is 2.28. The molecular formula is C16H17FN2O3. The number of aryl methyl sites for hydroxylation is 1. The summed E-state index contributed by atoms with van der Waals surface area (Å²) < 4.78 is 25.0. The van der Waals surface area contributed by atoms with Crippen LogP contribution in [-0.4, -0.2) is 35.5 Å². The minimum absolute atomic E-state index is 0.0178. The lowest BCUT2D eigenvalue weighted by molar-refractivity contribution is -0.00924. The molecule has 22 heavy (non-hydrogen) atoms. The van der Waals surface area contributed by atoms with Gasteiger partial charge in [0.25, 0.3) is 5.91 Å². The molecule has 5 nitrogen and oxygen atoms in total. The molecule has 1 unspecified atom stereocenters. The van der Waals surface area contributed by atoms with E-state index >= 15 is 0 Å². The van der Waals surface area contributed by atoms with Crippen molar-refractivity contribution in [3.05, 3.63) is 53.5 Å². The standard InChI is InChI=1S/C16H17FN2O3/c1-2-11-3-4-15(22-11)14-10-21-8-7-19(14)16(20)12-5-6-18-9-13(12)17/h3-6,9,14H,2,7-8,10H2,1H3. The molecule has 116 valence electrons. The fourth-order valence-electron chi connectivity index (χ4n) is 2.55. The topological polar surface area (TPSA) is 55.6 Å². The van der Waals surface area contributed by atoms with E-state index in [0.29, 0.717) is 25.5 Å². The summed E-state index contributed by atoms with van der Waals surface area (Å²) in [6.07, 6.45) is 3.24. The van der Waals surface area contributed by atoms with E-state index in [-0.39, 0.29) is 17.5 Å². The molecule has 1 aliphatic heterocycles. The number of amides is 1. The zero-order valence-electron chi connectivity index (χ0n) is 12.3. The number of carbonyl (C=O) groups is 1. The lowest BCUT2D eigenvalue weighted by Gasteiger charge is -2.34. The van der Waals surface area contributed by atoms with Gasteiger partial charge in [-0.25, -0.2) is 4.39 Å². The molecule has 6 heteroatoms. The second-order valence-corrected chi connectivity index (χ2v) is 5.10. The number of rotatable bonds is 3. The first-order chi connectivity index (χ1) is 10.7. The Morgan fingerprint density at radius 2 is 2.32 bits per heavy atom. The van der Waals surface area contributed by atoms with Crippen molar-refractivity contribution in [1.29, 1.82) is 0 Å². The van der Waals surface area contributed by atoms with Crippen molar-refractivity contribution in [2.45, 2.75) is 19.4 Å². The summed E-state index contributed by atoms with van der Waals surface area (Å²) in [7, 11) is 0. The Morgan fingerprint density at radius 1 is 1.45 bits per heavy atom. The van der Waals surface area contributed by atoms with Crippen molar-refractivity contribution in [1.82, 2.24) is 9.88 Å². The second-order valence-electron chi connectivity index (χ2n) is 5.10. The predicted molar refractivity (Wildman–Crippen MR) is 76.9 cm³/mol. The van der Waals surface area contributed by atoms with Crippen LogP contribution in [0.25, 0.3) is 0 Å². The smallest absolute Gasteiger partial charge is 0.257 e. The monoisotopic (exact) mass is 304 g/mol. The first-order valence-corrected chi connectivity index (χ1v) is 7.27. The van der Waals surface area contributed by atoms with Crippen LogP contribution in [0.5, 0.6) is 0 Å². The van der Waals surface area contributed by atoms with Crippen LogP contribution in [0.3, 0.4) is 0 Å². The molecule has 1 atom stereocenters. The zero-order chi connectivity index (χ0) is 15.5. The van der Waals surface area contributed by atoms with Crippen LogP contribution in [0.2, 0.25) is 0 Å². The van der Waals surface area contributed by atoms with E-state index in [2.05, 4.69) is 4.98 Å². The van der Waals surface area contributed by atoms with Gasteiger partial charge in [0, 0.05) is 19.2 Å². The molecule has 0 radical (unpaired) electrons. The quantitative estimate of drug-likeness (QED) is 0.874. The number of hydrogen-bond acceptors (Lipinski definition) is 4. The van der Waals surface area contributed by atoms with Crippen LogP contribution in [0.1, 0.15) is 34.8 Å². The maximum absolute atomic E-state index is 13.8. The van der Waals surface area contributed by atoms with Gasteiger partial charge in [0.2, 0.25) is 0 Å². The Hall–Kier alpha value is -2.21. The van der Waals surface area contributed by atoms with Gasteiger partial charge in [0.1, 0.15) is 17.6 Å². The van der Waals surface area contributed by atoms with Gasteiger partial charge in [-0.15, -0.1) is 0 Å². The molecule has 0 bridgehead atoms. The molecule has 2 aromatic rings. The Kier molecular flexibility index (Phi) is 4.20. The fraction of sp³-hybridized carbons (Fsp3) is 0.375. The van der Waals surface area contributed by atoms with Crippen molar-refractivity contribution in [2.75, 3.05) is 19.8 Å². The molecule has 0 aromatic carbocycles. The number of furan rings is 1. The zero-order valence-corrected chi connectivity index (χ0v) is 12.3. The van der Waals surface area contributed by atoms with Gasteiger partial charge >= 0.3 is 0 Å². The first kappa shape index (κ1) is 14.7. The van der Waals surface area contributed by atoms with Crippen molar-refractivity contribution in [2.24, 2.45) is 0 Å². The van der Waals surface area contributed by atoms with E-state index in [1.165, 1.54) is 12.3 Å². The average Bonchev–Trinajstić information content (AvgIpc) is 3.04. The van der Waals surface area contributed by atoms with Crippen LogP contribution in [-0.2, 0) is 11.2 Å². The van der Waals surface area contributed by atoms with Gasteiger partial charge in [0.15, 0.2) is 5.82 Å². The molecule has 1 saturated heterocycles. The normalized spacial score (nSPS) is 18.5. The molecule has 0 spiro atoms. The van der Waals surface area contributed by atoms with Crippen molar-refractivity contribution >= 4 is 5.91 Å². The Bertz CT molecular complexity index is 671. The number of carbonyl (C=O) groups excluding carboxylic acids is 1. The molecule has 3 rings (SSSR count). The minimum atomic E-state index is -0.619. The number of ether oxygens (including phenoxy) is 1. The molecule has 1 amide bonds. The fourth-order valence-corrected chi connectivity index (χ4v) is 2.55. The van der Waals surface area contributed by atoms with E-state index in [0.717, 1.165) is 18.4 Å². The molecule has 0 saturated carbocycles. The van der Waals surface area contributed by atoms with E-state index in [9.17, 15) is 9.18 Å². The highest BCUT2D eigenvalue weighted by atomic mass is 19.1. The van der Waals surface area contributed by atoms with Crippen molar-refractivity contribution in [3.8, 4) is 0 Å². The summed E-state index contributed by atoms with van der Waals surface area (Å²) in [4.78, 5) is 17.9. The summed E-state index contributed by atoms with van der Waals surface area (Å²) >= 11 is 0. The van der Waals surface area contributed by atoms with Gasteiger partial charge in [0.05, 0.1) is 25.0 Å². The summed E-state index contributed by atoms with van der Waals surface area (Å²) in [6, 6.07) is 4.79.